The predicted molar refractivity (Wildman–Crippen MR) is 54.2 cm³/mol. The summed E-state index contributed by atoms with van der Waals surface area (Å²) in [4.78, 5) is 3.51. The van der Waals surface area contributed by atoms with Crippen molar-refractivity contribution in [3.8, 4) is 0 Å². The summed E-state index contributed by atoms with van der Waals surface area (Å²) in [5, 5.41) is 0. The number of fused-ring (bicyclic) bond motifs is 1. The average Bonchev–Trinajstić information content (AvgIpc) is 2.48. The van der Waals surface area contributed by atoms with Gasteiger partial charge in [-0.2, -0.15) is 0 Å². The summed E-state index contributed by atoms with van der Waals surface area (Å²) in [5.74, 6) is 3.81. The van der Waals surface area contributed by atoms with E-state index in [0.717, 1.165) is 43.4 Å². The Hall–Kier alpha value is 0.259. The molecule has 1 fully saturated rings. The first-order valence-corrected chi connectivity index (χ1v) is 7.00. The van der Waals surface area contributed by atoms with Gasteiger partial charge in [-0.3, -0.25) is 0 Å². The second kappa shape index (κ2) is 3.20. The van der Waals surface area contributed by atoms with E-state index >= 15 is 0 Å². The Morgan fingerprint density at radius 1 is 1.17 bits per heavy atom. The molecule has 2 rings (SSSR count). The Labute approximate surface area is 82.0 Å². The van der Waals surface area contributed by atoms with Gasteiger partial charge in [0.15, 0.2) is 0 Å². The Morgan fingerprint density at radius 2 is 1.92 bits per heavy atom. The Balaban J connectivity index is 2.13. The van der Waals surface area contributed by atoms with E-state index in [-0.39, 0.29) is 0 Å². The summed E-state index contributed by atoms with van der Waals surface area (Å²) < 4.78 is 0. The van der Waals surface area contributed by atoms with Crippen LogP contribution in [0.4, 0.5) is 0 Å². The Kier molecular flexibility index (Phi) is 2.35. The van der Waals surface area contributed by atoms with Crippen LogP contribution in [0, 0.1) is 23.7 Å². The molecule has 1 aliphatic heterocycles. The molecule has 1 aliphatic carbocycles. The molecular weight excluding hydrogens is 211 g/mol. The molecule has 0 N–H and O–H groups in total. The van der Waals surface area contributed by atoms with Crippen LogP contribution in [0.15, 0.2) is 11.1 Å². The molecule has 0 saturated heterocycles. The maximum absolute atomic E-state index is 2.49. The van der Waals surface area contributed by atoms with Crippen LogP contribution in [-0.2, 0) is 0 Å². The molecule has 1 saturated carbocycles. The van der Waals surface area contributed by atoms with Crippen molar-refractivity contribution in [2.75, 3.05) is 0 Å². The van der Waals surface area contributed by atoms with Gasteiger partial charge in [0, 0.05) is 0 Å². The van der Waals surface area contributed by atoms with Gasteiger partial charge in [0.1, 0.15) is 0 Å². The van der Waals surface area contributed by atoms with Crippen LogP contribution in [0.5, 0.6) is 0 Å². The van der Waals surface area contributed by atoms with Gasteiger partial charge < -0.3 is 0 Å². The molecule has 0 radical (unpaired) electrons. The predicted octanol–water partition coefficient (Wildman–Crippen LogP) is 2.93. The quantitative estimate of drug-likeness (QED) is 0.560. The van der Waals surface area contributed by atoms with E-state index in [0.29, 0.717) is 0 Å². The van der Waals surface area contributed by atoms with Crippen LogP contribution in [0.25, 0.3) is 0 Å². The number of allylic oxidation sites excluding steroid dienone is 1. The summed E-state index contributed by atoms with van der Waals surface area (Å²) in [5.41, 5.74) is 0. The third kappa shape index (κ3) is 1.28. The topological polar surface area (TPSA) is 0 Å². The van der Waals surface area contributed by atoms with Crippen molar-refractivity contribution in [3.63, 3.8) is 0 Å². The monoisotopic (exact) mass is 230 g/mol. The number of hydrogen-bond donors (Lipinski definition) is 0. The molecule has 0 aromatic heterocycles. The van der Waals surface area contributed by atoms with Crippen LogP contribution in [0.1, 0.15) is 27.2 Å². The molecule has 0 aromatic carbocycles. The van der Waals surface area contributed by atoms with Crippen LogP contribution in [0.3, 0.4) is 0 Å². The third-order valence-corrected chi connectivity index (χ3v) is 6.83. The van der Waals surface area contributed by atoms with Gasteiger partial charge in [0.05, 0.1) is 0 Å². The molecule has 2 aliphatic rings. The molecular formula is C11H18Se. The summed E-state index contributed by atoms with van der Waals surface area (Å²) in [6.45, 7) is 7.34. The van der Waals surface area contributed by atoms with Crippen molar-refractivity contribution >= 4 is 15.0 Å². The number of hydrogen-bond acceptors (Lipinski definition) is 0. The number of rotatable bonds is 0. The summed E-state index contributed by atoms with van der Waals surface area (Å²) in [6.07, 6.45) is 3.94. The van der Waals surface area contributed by atoms with Gasteiger partial charge in [-0.25, -0.2) is 0 Å². The van der Waals surface area contributed by atoms with E-state index in [1.54, 1.807) is 0 Å². The van der Waals surface area contributed by atoms with Crippen molar-refractivity contribution in [2.45, 2.75) is 32.0 Å². The summed E-state index contributed by atoms with van der Waals surface area (Å²) >= 11 is 0.818. The molecule has 68 valence electrons. The zero-order valence-corrected chi connectivity index (χ0v) is 9.87. The second-order valence-electron chi connectivity index (χ2n) is 4.52. The molecule has 0 nitrogen and oxygen atoms in total. The fourth-order valence-electron chi connectivity index (χ4n) is 2.64. The SMILES string of the molecule is CC1CC2C=C[Se]C2C(C)C1C. The molecule has 5 atom stereocenters. The van der Waals surface area contributed by atoms with E-state index in [4.69, 9.17) is 0 Å². The fraction of sp³-hybridized carbons (Fsp3) is 0.818. The molecule has 1 heteroatoms. The third-order valence-electron chi connectivity index (χ3n) is 3.87. The van der Waals surface area contributed by atoms with E-state index in [2.05, 4.69) is 31.8 Å². The fourth-order valence-corrected chi connectivity index (χ4v) is 5.52. The van der Waals surface area contributed by atoms with Gasteiger partial charge in [0.25, 0.3) is 0 Å². The minimum absolute atomic E-state index is 0.818. The van der Waals surface area contributed by atoms with Gasteiger partial charge in [-0.05, 0) is 0 Å². The molecule has 0 amide bonds. The van der Waals surface area contributed by atoms with Crippen molar-refractivity contribution in [3.05, 3.63) is 11.1 Å². The van der Waals surface area contributed by atoms with Crippen molar-refractivity contribution < 1.29 is 0 Å². The maximum atomic E-state index is 2.49. The average molecular weight is 229 g/mol. The Morgan fingerprint density at radius 3 is 2.67 bits per heavy atom. The van der Waals surface area contributed by atoms with Crippen LogP contribution in [0.2, 0.25) is 4.82 Å². The molecule has 12 heavy (non-hydrogen) atoms. The zero-order chi connectivity index (χ0) is 8.72. The Bertz CT molecular complexity index is 197. The summed E-state index contributed by atoms with van der Waals surface area (Å²) in [6, 6.07) is 0. The van der Waals surface area contributed by atoms with E-state index in [9.17, 15) is 0 Å². The normalized spacial score (nSPS) is 52.4. The molecule has 0 spiro atoms. The van der Waals surface area contributed by atoms with E-state index in [1.807, 2.05) is 0 Å². The van der Waals surface area contributed by atoms with Crippen LogP contribution < -0.4 is 0 Å². The molecule has 0 aromatic rings. The molecule has 0 bridgehead atoms. The van der Waals surface area contributed by atoms with Gasteiger partial charge in [0.2, 0.25) is 0 Å². The standard InChI is InChI=1S/C11H18Se/c1-7-6-10-4-5-12-11(10)9(3)8(7)2/h4-5,7-11H,6H2,1-3H3. The first-order valence-electron chi connectivity index (χ1n) is 5.02. The van der Waals surface area contributed by atoms with Gasteiger partial charge >= 0.3 is 81.7 Å². The minimum atomic E-state index is 0.818. The van der Waals surface area contributed by atoms with Crippen LogP contribution >= 0.6 is 0 Å². The van der Waals surface area contributed by atoms with Gasteiger partial charge in [-0.1, -0.05) is 0 Å². The second-order valence-corrected chi connectivity index (χ2v) is 6.81. The van der Waals surface area contributed by atoms with Crippen LogP contribution in [-0.4, -0.2) is 15.0 Å². The van der Waals surface area contributed by atoms with Gasteiger partial charge in [-0.15, -0.1) is 0 Å². The first-order chi connectivity index (χ1) is 5.70. The van der Waals surface area contributed by atoms with Crippen molar-refractivity contribution in [1.82, 2.24) is 0 Å². The van der Waals surface area contributed by atoms with E-state index < -0.39 is 0 Å². The zero-order valence-electron chi connectivity index (χ0n) is 8.16. The summed E-state index contributed by atoms with van der Waals surface area (Å²) in [7, 11) is 0. The van der Waals surface area contributed by atoms with Crippen molar-refractivity contribution in [1.29, 1.82) is 0 Å². The van der Waals surface area contributed by atoms with E-state index in [1.165, 1.54) is 6.42 Å². The van der Waals surface area contributed by atoms with Crippen molar-refractivity contribution in [2.24, 2.45) is 23.7 Å². The molecule has 5 unspecified atom stereocenters. The first kappa shape index (κ1) is 8.84. The molecule has 1 heterocycles.